The number of hydrogen-bond acceptors (Lipinski definition) is 4. The Morgan fingerprint density at radius 2 is 2.00 bits per heavy atom. The van der Waals surface area contributed by atoms with Gasteiger partial charge >= 0.3 is 0 Å². The zero-order valence-electron chi connectivity index (χ0n) is 9.54. The smallest absolute Gasteiger partial charge is 0.228 e. The molecule has 94 valence electrons. The van der Waals surface area contributed by atoms with Crippen molar-refractivity contribution >= 4 is 21.4 Å². The van der Waals surface area contributed by atoms with Gasteiger partial charge in [-0.15, -0.1) is 0 Å². The van der Waals surface area contributed by atoms with Crippen LogP contribution in [0.25, 0.3) is 5.70 Å². The van der Waals surface area contributed by atoms with Crippen LogP contribution >= 0.6 is 0 Å². The number of likely N-dealkylation sites (tertiary alicyclic amines) is 1. The Kier molecular flexibility index (Phi) is 2.33. The van der Waals surface area contributed by atoms with Crippen LogP contribution in [0.2, 0.25) is 0 Å². The number of nitrogens with two attached hydrogens (primary N) is 1. The van der Waals surface area contributed by atoms with E-state index in [0.717, 1.165) is 5.41 Å². The third kappa shape index (κ3) is 1.57. The van der Waals surface area contributed by atoms with E-state index in [1.54, 1.807) is 24.3 Å². The van der Waals surface area contributed by atoms with Crippen LogP contribution in [0.1, 0.15) is 12.0 Å². The lowest BCUT2D eigenvalue weighted by Gasteiger charge is -2.17. The SMILES string of the molecule is NC1CC(=O)N(C2=CS(=O)(=O)c3ccccc32)C1. The minimum atomic E-state index is -3.43. The summed E-state index contributed by atoms with van der Waals surface area (Å²) < 4.78 is 23.9. The van der Waals surface area contributed by atoms with Crippen molar-refractivity contribution < 1.29 is 13.2 Å². The van der Waals surface area contributed by atoms with E-state index in [1.807, 2.05) is 0 Å². The summed E-state index contributed by atoms with van der Waals surface area (Å²) in [6.45, 7) is 0.370. The summed E-state index contributed by atoms with van der Waals surface area (Å²) in [4.78, 5) is 13.5. The maximum Gasteiger partial charge on any atom is 0.228 e. The summed E-state index contributed by atoms with van der Waals surface area (Å²) in [5, 5.41) is 1.16. The van der Waals surface area contributed by atoms with E-state index < -0.39 is 9.84 Å². The minimum Gasteiger partial charge on any atom is -0.326 e. The second kappa shape index (κ2) is 3.66. The average molecular weight is 264 g/mol. The van der Waals surface area contributed by atoms with Gasteiger partial charge in [-0.3, -0.25) is 4.79 Å². The first kappa shape index (κ1) is 11.4. The molecule has 1 unspecified atom stereocenters. The molecule has 1 amide bonds. The van der Waals surface area contributed by atoms with Crippen molar-refractivity contribution in [1.29, 1.82) is 0 Å². The predicted molar refractivity (Wildman–Crippen MR) is 65.9 cm³/mol. The number of benzene rings is 1. The quantitative estimate of drug-likeness (QED) is 0.792. The molecular formula is C12H12N2O3S. The highest BCUT2D eigenvalue weighted by Crippen LogP contribution is 2.36. The predicted octanol–water partition coefficient (Wildman–Crippen LogP) is 0.332. The maximum absolute atomic E-state index is 12.0. The highest BCUT2D eigenvalue weighted by Gasteiger charge is 2.36. The molecule has 1 aromatic carbocycles. The number of fused-ring (bicyclic) bond motifs is 1. The topological polar surface area (TPSA) is 80.5 Å². The van der Waals surface area contributed by atoms with E-state index in [-0.39, 0.29) is 23.3 Å². The molecule has 0 bridgehead atoms. The summed E-state index contributed by atoms with van der Waals surface area (Å²) in [5.74, 6) is -0.124. The number of carbonyl (C=O) groups excluding carboxylic acids is 1. The van der Waals surface area contributed by atoms with Gasteiger partial charge in [0.2, 0.25) is 15.7 Å². The Balaban J connectivity index is 2.13. The zero-order valence-corrected chi connectivity index (χ0v) is 10.4. The molecule has 0 aromatic heterocycles. The van der Waals surface area contributed by atoms with Crippen LogP contribution in [0, 0.1) is 0 Å². The number of sulfone groups is 1. The Morgan fingerprint density at radius 1 is 1.28 bits per heavy atom. The van der Waals surface area contributed by atoms with Crippen molar-refractivity contribution in [2.45, 2.75) is 17.4 Å². The van der Waals surface area contributed by atoms with Gasteiger partial charge in [0.1, 0.15) is 0 Å². The Bertz CT molecular complexity index is 664. The molecule has 0 aliphatic carbocycles. The summed E-state index contributed by atoms with van der Waals surface area (Å²) in [6.07, 6.45) is 0.263. The maximum atomic E-state index is 12.0. The molecule has 2 N–H and O–H groups in total. The average Bonchev–Trinajstić information content (AvgIpc) is 2.78. The Labute approximate surface area is 105 Å². The number of nitrogens with zero attached hydrogens (tertiary/aromatic N) is 1. The standard InChI is InChI=1S/C12H12N2O3S/c13-8-5-12(15)14(6-8)10-7-18(16,17)11-4-2-1-3-9(10)11/h1-4,7-8H,5-6,13H2. The van der Waals surface area contributed by atoms with Gasteiger partial charge < -0.3 is 10.6 Å². The van der Waals surface area contributed by atoms with Crippen LogP contribution in [0.15, 0.2) is 34.6 Å². The lowest BCUT2D eigenvalue weighted by atomic mass is 10.1. The summed E-state index contributed by atoms with van der Waals surface area (Å²) in [6, 6.07) is 6.46. The molecule has 1 saturated heterocycles. The van der Waals surface area contributed by atoms with Crippen molar-refractivity contribution in [2.75, 3.05) is 6.54 Å². The first-order chi connectivity index (χ1) is 8.49. The monoisotopic (exact) mass is 264 g/mol. The molecule has 18 heavy (non-hydrogen) atoms. The molecule has 1 aromatic rings. The van der Waals surface area contributed by atoms with E-state index in [1.165, 1.54) is 4.90 Å². The van der Waals surface area contributed by atoms with Crippen molar-refractivity contribution in [3.63, 3.8) is 0 Å². The van der Waals surface area contributed by atoms with Gasteiger partial charge in [-0.05, 0) is 6.07 Å². The highest BCUT2D eigenvalue weighted by molar-refractivity contribution is 7.95. The highest BCUT2D eigenvalue weighted by atomic mass is 32.2. The summed E-state index contributed by atoms with van der Waals surface area (Å²) in [5.41, 5.74) is 6.76. The Hall–Kier alpha value is -1.66. The van der Waals surface area contributed by atoms with Gasteiger partial charge in [0, 0.05) is 24.6 Å². The van der Waals surface area contributed by atoms with Crippen LogP contribution in [0.4, 0.5) is 0 Å². The summed E-state index contributed by atoms with van der Waals surface area (Å²) >= 11 is 0. The second-order valence-corrected chi connectivity index (χ2v) is 6.28. The van der Waals surface area contributed by atoms with Gasteiger partial charge in [0.05, 0.1) is 16.0 Å². The number of hydrogen-bond donors (Lipinski definition) is 1. The van der Waals surface area contributed by atoms with Crippen molar-refractivity contribution in [2.24, 2.45) is 5.73 Å². The lowest BCUT2D eigenvalue weighted by Crippen LogP contribution is -2.26. The normalized spacial score (nSPS) is 25.2. The third-order valence-corrected chi connectivity index (χ3v) is 4.68. The largest absolute Gasteiger partial charge is 0.326 e. The second-order valence-electron chi connectivity index (χ2n) is 4.51. The van der Waals surface area contributed by atoms with Crippen molar-refractivity contribution in [1.82, 2.24) is 4.90 Å². The Morgan fingerprint density at radius 3 is 2.67 bits per heavy atom. The fraction of sp³-hybridized carbons (Fsp3) is 0.250. The molecule has 0 spiro atoms. The third-order valence-electron chi connectivity index (χ3n) is 3.18. The molecule has 5 nitrogen and oxygen atoms in total. The first-order valence-electron chi connectivity index (χ1n) is 5.61. The summed E-state index contributed by atoms with van der Waals surface area (Å²) in [7, 11) is -3.43. The number of carbonyl (C=O) groups is 1. The number of amides is 1. The van der Waals surface area contributed by atoms with Crippen LogP contribution in [-0.2, 0) is 14.6 Å². The molecule has 2 aliphatic heterocycles. The first-order valence-corrected chi connectivity index (χ1v) is 7.16. The van der Waals surface area contributed by atoms with Crippen LogP contribution in [0.3, 0.4) is 0 Å². The molecule has 0 radical (unpaired) electrons. The molecule has 1 fully saturated rings. The molecular weight excluding hydrogens is 252 g/mol. The molecule has 6 heteroatoms. The van der Waals surface area contributed by atoms with Crippen LogP contribution in [0.5, 0.6) is 0 Å². The molecule has 0 saturated carbocycles. The van der Waals surface area contributed by atoms with E-state index in [2.05, 4.69) is 0 Å². The number of rotatable bonds is 1. The molecule has 1 atom stereocenters. The van der Waals surface area contributed by atoms with Crippen LogP contribution < -0.4 is 5.73 Å². The van der Waals surface area contributed by atoms with Crippen molar-refractivity contribution in [3.05, 3.63) is 35.2 Å². The fourth-order valence-corrected chi connectivity index (χ4v) is 3.80. The van der Waals surface area contributed by atoms with Gasteiger partial charge in [0.25, 0.3) is 0 Å². The lowest BCUT2D eigenvalue weighted by molar-refractivity contribution is -0.124. The van der Waals surface area contributed by atoms with E-state index in [9.17, 15) is 13.2 Å². The fourth-order valence-electron chi connectivity index (χ4n) is 2.38. The molecule has 3 rings (SSSR count). The van der Waals surface area contributed by atoms with E-state index in [4.69, 9.17) is 5.73 Å². The molecule has 2 heterocycles. The zero-order chi connectivity index (χ0) is 12.9. The van der Waals surface area contributed by atoms with E-state index >= 15 is 0 Å². The van der Waals surface area contributed by atoms with Crippen molar-refractivity contribution in [3.8, 4) is 0 Å². The van der Waals surface area contributed by atoms with Gasteiger partial charge in [-0.1, -0.05) is 18.2 Å². The van der Waals surface area contributed by atoms with E-state index in [0.29, 0.717) is 17.8 Å². The minimum absolute atomic E-state index is 0.124. The van der Waals surface area contributed by atoms with Gasteiger partial charge in [0.15, 0.2) is 0 Å². The molecule has 2 aliphatic rings. The van der Waals surface area contributed by atoms with Gasteiger partial charge in [-0.2, -0.15) is 0 Å². The van der Waals surface area contributed by atoms with Crippen LogP contribution in [-0.4, -0.2) is 31.8 Å². The van der Waals surface area contributed by atoms with Gasteiger partial charge in [-0.25, -0.2) is 8.42 Å².